The summed E-state index contributed by atoms with van der Waals surface area (Å²) in [6.45, 7) is 4.09. The second kappa shape index (κ2) is 4.34. The Morgan fingerprint density at radius 2 is 2.50 bits per heavy atom. The lowest BCUT2D eigenvalue weighted by Gasteiger charge is -2.28. The van der Waals surface area contributed by atoms with E-state index in [0.29, 0.717) is 6.42 Å². The predicted octanol–water partition coefficient (Wildman–Crippen LogP) is 2.42. The zero-order chi connectivity index (χ0) is 11.7. The van der Waals surface area contributed by atoms with E-state index >= 15 is 0 Å². The van der Waals surface area contributed by atoms with E-state index in [-0.39, 0.29) is 17.2 Å². The fourth-order valence-electron chi connectivity index (χ4n) is 2.11. The van der Waals surface area contributed by atoms with Crippen molar-refractivity contribution in [2.75, 3.05) is 0 Å². The standard InChI is InChI=1S/C12H14N2OS/c1-3-9(7-13)14-8(2)16-12-6-10(15)4-5-11(12)14/h5-6,8-9H,3-4H2,1-2H3. The van der Waals surface area contributed by atoms with Gasteiger partial charge in [-0.05, 0) is 19.4 Å². The van der Waals surface area contributed by atoms with Crippen LogP contribution in [0, 0.1) is 11.3 Å². The zero-order valence-electron chi connectivity index (χ0n) is 9.43. The number of fused-ring (bicyclic) bond motifs is 1. The van der Waals surface area contributed by atoms with Crippen molar-refractivity contribution in [3.05, 3.63) is 22.8 Å². The van der Waals surface area contributed by atoms with Gasteiger partial charge in [0.05, 0.1) is 11.4 Å². The highest BCUT2D eigenvalue weighted by molar-refractivity contribution is 8.04. The highest BCUT2D eigenvalue weighted by Gasteiger charge is 2.35. The molecule has 0 bridgehead atoms. The van der Waals surface area contributed by atoms with Crippen LogP contribution in [0.25, 0.3) is 0 Å². The largest absolute Gasteiger partial charge is 0.343 e. The maximum atomic E-state index is 11.3. The van der Waals surface area contributed by atoms with Crippen LogP contribution in [0.2, 0.25) is 0 Å². The molecule has 0 saturated carbocycles. The SMILES string of the molecule is CCC(C#N)N1C2=CCC(=O)C=C2SC1C. The first-order valence-electron chi connectivity index (χ1n) is 5.47. The molecular formula is C12H14N2OS. The Morgan fingerprint density at radius 1 is 1.75 bits per heavy atom. The van der Waals surface area contributed by atoms with Gasteiger partial charge in [0.25, 0.3) is 0 Å². The molecule has 0 radical (unpaired) electrons. The molecule has 4 heteroatoms. The Bertz CT molecular complexity index is 419. The molecule has 0 aromatic carbocycles. The normalized spacial score (nSPS) is 25.7. The Hall–Kier alpha value is -1.21. The second-order valence-corrected chi connectivity index (χ2v) is 5.30. The molecule has 0 spiro atoms. The van der Waals surface area contributed by atoms with E-state index in [1.54, 1.807) is 17.8 Å². The molecule has 1 heterocycles. The first-order valence-corrected chi connectivity index (χ1v) is 6.35. The Kier molecular flexibility index (Phi) is 3.06. The van der Waals surface area contributed by atoms with Crippen LogP contribution < -0.4 is 0 Å². The summed E-state index contributed by atoms with van der Waals surface area (Å²) in [4.78, 5) is 14.5. The van der Waals surface area contributed by atoms with Gasteiger partial charge in [-0.2, -0.15) is 5.26 Å². The van der Waals surface area contributed by atoms with Gasteiger partial charge in [0.2, 0.25) is 0 Å². The van der Waals surface area contributed by atoms with Crippen LogP contribution in [0.4, 0.5) is 0 Å². The number of nitrogens with zero attached hydrogens (tertiary/aromatic N) is 2. The third-order valence-electron chi connectivity index (χ3n) is 2.88. The van der Waals surface area contributed by atoms with E-state index in [0.717, 1.165) is 17.0 Å². The Balaban J connectivity index is 2.32. The molecular weight excluding hydrogens is 220 g/mol. The van der Waals surface area contributed by atoms with Crippen LogP contribution in [0.1, 0.15) is 26.7 Å². The molecule has 1 aliphatic heterocycles. The van der Waals surface area contributed by atoms with Crippen molar-refractivity contribution in [2.45, 2.75) is 38.1 Å². The smallest absolute Gasteiger partial charge is 0.160 e. The minimum atomic E-state index is -0.0900. The van der Waals surface area contributed by atoms with E-state index in [9.17, 15) is 4.79 Å². The van der Waals surface area contributed by atoms with Gasteiger partial charge in [0.15, 0.2) is 5.78 Å². The quantitative estimate of drug-likeness (QED) is 0.736. The van der Waals surface area contributed by atoms with Crippen molar-refractivity contribution in [2.24, 2.45) is 0 Å². The third-order valence-corrected chi connectivity index (χ3v) is 4.03. The van der Waals surface area contributed by atoms with Gasteiger partial charge in [0.1, 0.15) is 6.04 Å². The number of thioether (sulfide) groups is 1. The predicted molar refractivity (Wildman–Crippen MR) is 64.4 cm³/mol. The maximum absolute atomic E-state index is 11.3. The molecule has 1 fully saturated rings. The van der Waals surface area contributed by atoms with Crippen LogP contribution in [0.15, 0.2) is 22.8 Å². The van der Waals surface area contributed by atoms with Gasteiger partial charge in [0, 0.05) is 17.0 Å². The van der Waals surface area contributed by atoms with Crippen molar-refractivity contribution in [3.8, 4) is 6.07 Å². The summed E-state index contributed by atoms with van der Waals surface area (Å²) >= 11 is 1.67. The van der Waals surface area contributed by atoms with Gasteiger partial charge < -0.3 is 4.90 Å². The van der Waals surface area contributed by atoms with E-state index < -0.39 is 0 Å². The summed E-state index contributed by atoms with van der Waals surface area (Å²) < 4.78 is 0. The molecule has 0 amide bonds. The number of nitriles is 1. The number of rotatable bonds is 2. The van der Waals surface area contributed by atoms with Crippen LogP contribution >= 0.6 is 11.8 Å². The number of carbonyl (C=O) groups is 1. The van der Waals surface area contributed by atoms with Gasteiger partial charge in [-0.1, -0.05) is 24.8 Å². The molecule has 2 unspecified atom stereocenters. The number of ketones is 1. The lowest BCUT2D eigenvalue weighted by molar-refractivity contribution is -0.114. The molecule has 0 aromatic rings. The summed E-state index contributed by atoms with van der Waals surface area (Å²) in [6.07, 6.45) is 4.93. The lowest BCUT2D eigenvalue weighted by Crippen LogP contribution is -2.34. The van der Waals surface area contributed by atoms with Crippen molar-refractivity contribution >= 4 is 17.5 Å². The van der Waals surface area contributed by atoms with Crippen LogP contribution in [0.3, 0.4) is 0 Å². The fourth-order valence-corrected chi connectivity index (χ4v) is 3.36. The summed E-state index contributed by atoms with van der Waals surface area (Å²) in [5.74, 6) is 0.158. The molecule has 16 heavy (non-hydrogen) atoms. The molecule has 1 saturated heterocycles. The van der Waals surface area contributed by atoms with Crippen molar-refractivity contribution in [3.63, 3.8) is 0 Å². The van der Waals surface area contributed by atoms with E-state index in [1.807, 2.05) is 13.0 Å². The molecule has 2 rings (SSSR count). The maximum Gasteiger partial charge on any atom is 0.160 e. The zero-order valence-corrected chi connectivity index (χ0v) is 10.3. The van der Waals surface area contributed by atoms with Gasteiger partial charge in [-0.3, -0.25) is 4.79 Å². The number of hydrogen-bond donors (Lipinski definition) is 0. The highest BCUT2D eigenvalue weighted by Crippen LogP contribution is 2.44. The summed E-state index contributed by atoms with van der Waals surface area (Å²) in [6, 6.07) is 2.24. The molecule has 3 nitrogen and oxygen atoms in total. The van der Waals surface area contributed by atoms with Crippen LogP contribution in [0.5, 0.6) is 0 Å². The van der Waals surface area contributed by atoms with Crippen molar-refractivity contribution in [1.82, 2.24) is 4.90 Å². The highest BCUT2D eigenvalue weighted by atomic mass is 32.2. The molecule has 84 valence electrons. The molecule has 2 aliphatic rings. The second-order valence-electron chi connectivity index (χ2n) is 3.95. The first-order chi connectivity index (χ1) is 7.67. The summed E-state index contributed by atoms with van der Waals surface area (Å²) in [7, 11) is 0. The topological polar surface area (TPSA) is 44.1 Å². The average molecular weight is 234 g/mol. The Labute approximate surface area is 99.8 Å². The summed E-state index contributed by atoms with van der Waals surface area (Å²) in [5, 5.41) is 9.38. The number of hydrogen-bond acceptors (Lipinski definition) is 4. The number of carbonyl (C=O) groups excluding carboxylic acids is 1. The third kappa shape index (κ3) is 1.76. The number of allylic oxidation sites excluding steroid dienone is 2. The van der Waals surface area contributed by atoms with E-state index in [1.165, 1.54) is 0 Å². The van der Waals surface area contributed by atoms with Crippen LogP contribution in [-0.4, -0.2) is 22.1 Å². The van der Waals surface area contributed by atoms with Gasteiger partial charge >= 0.3 is 0 Å². The lowest BCUT2D eigenvalue weighted by atomic mass is 10.1. The monoisotopic (exact) mass is 234 g/mol. The average Bonchev–Trinajstić information content (AvgIpc) is 2.57. The van der Waals surface area contributed by atoms with Crippen molar-refractivity contribution < 1.29 is 4.79 Å². The molecule has 1 aliphatic carbocycles. The van der Waals surface area contributed by atoms with E-state index in [4.69, 9.17) is 5.26 Å². The minimum Gasteiger partial charge on any atom is -0.343 e. The van der Waals surface area contributed by atoms with Gasteiger partial charge in [-0.25, -0.2) is 0 Å². The van der Waals surface area contributed by atoms with E-state index in [2.05, 4.69) is 17.9 Å². The molecule has 2 atom stereocenters. The minimum absolute atomic E-state index is 0.0900. The molecule has 0 N–H and O–H groups in total. The van der Waals surface area contributed by atoms with Crippen LogP contribution in [-0.2, 0) is 4.79 Å². The van der Waals surface area contributed by atoms with Gasteiger partial charge in [-0.15, -0.1) is 0 Å². The summed E-state index contributed by atoms with van der Waals surface area (Å²) in [5.41, 5.74) is 1.07. The first kappa shape index (κ1) is 11.3. The fraction of sp³-hybridized carbons (Fsp3) is 0.500. The molecule has 0 aromatic heterocycles. The Morgan fingerprint density at radius 3 is 3.12 bits per heavy atom. The van der Waals surface area contributed by atoms with Crippen molar-refractivity contribution in [1.29, 1.82) is 5.26 Å².